The third kappa shape index (κ3) is 4.00. The second kappa shape index (κ2) is 6.98. The largest absolute Gasteiger partial charge is 0.396 e. The molecule has 0 amide bonds. The molecule has 0 heterocycles. The minimum Gasteiger partial charge on any atom is -0.396 e. The molecule has 0 spiro atoms. The molecule has 0 unspecified atom stereocenters. The van der Waals surface area contributed by atoms with Crippen molar-refractivity contribution in [2.75, 3.05) is 12.9 Å². The van der Waals surface area contributed by atoms with E-state index < -0.39 is 0 Å². The van der Waals surface area contributed by atoms with Gasteiger partial charge >= 0.3 is 0 Å². The monoisotopic (exact) mass is 294 g/mol. The molecule has 0 atom stereocenters. The van der Waals surface area contributed by atoms with Gasteiger partial charge in [0, 0.05) is 21.3 Å². The van der Waals surface area contributed by atoms with Gasteiger partial charge in [0.15, 0.2) is 0 Å². The van der Waals surface area contributed by atoms with E-state index in [9.17, 15) is 4.39 Å². The van der Waals surface area contributed by atoms with E-state index in [1.54, 1.807) is 17.8 Å². The first-order chi connectivity index (χ1) is 9.22. The lowest BCUT2D eigenvalue weighted by Gasteiger charge is -2.06. The molecular formula is C15H15FOS2. The molecule has 0 aliphatic carbocycles. The average molecular weight is 294 g/mol. The van der Waals surface area contributed by atoms with E-state index in [2.05, 4.69) is 12.1 Å². The van der Waals surface area contributed by atoms with Gasteiger partial charge in [0.05, 0.1) is 0 Å². The van der Waals surface area contributed by atoms with Crippen molar-refractivity contribution in [3.8, 4) is 0 Å². The molecular weight excluding hydrogens is 279 g/mol. The van der Waals surface area contributed by atoms with E-state index in [0.29, 0.717) is 12.0 Å². The summed E-state index contributed by atoms with van der Waals surface area (Å²) in [5.41, 5.74) is 0.560. The first-order valence-electron chi connectivity index (χ1n) is 5.94. The number of hydrogen-bond acceptors (Lipinski definition) is 3. The maximum atomic E-state index is 13.7. The van der Waals surface area contributed by atoms with Crippen LogP contribution in [-0.2, 0) is 6.42 Å². The zero-order valence-corrected chi connectivity index (χ0v) is 12.2. The van der Waals surface area contributed by atoms with Crippen LogP contribution in [0, 0.1) is 5.82 Å². The molecule has 0 bridgehead atoms. The van der Waals surface area contributed by atoms with Gasteiger partial charge < -0.3 is 5.11 Å². The third-order valence-corrected chi connectivity index (χ3v) is 4.44. The van der Waals surface area contributed by atoms with Crippen LogP contribution in [0.25, 0.3) is 0 Å². The average Bonchev–Trinajstić information content (AvgIpc) is 2.43. The summed E-state index contributed by atoms with van der Waals surface area (Å²) in [4.78, 5) is 3.18. The fourth-order valence-electron chi connectivity index (χ4n) is 1.69. The molecule has 1 N–H and O–H groups in total. The molecule has 2 aromatic carbocycles. The fraction of sp³-hybridized carbons (Fsp3) is 0.200. The van der Waals surface area contributed by atoms with Crippen LogP contribution in [-0.4, -0.2) is 18.0 Å². The summed E-state index contributed by atoms with van der Waals surface area (Å²) in [7, 11) is 0. The van der Waals surface area contributed by atoms with Crippen LogP contribution >= 0.6 is 23.5 Å². The number of rotatable bonds is 5. The van der Waals surface area contributed by atoms with E-state index in [4.69, 9.17) is 5.11 Å². The standard InChI is InChI=1S/C15H15FOS2/c1-18-12-4-6-13(7-5-12)19-14-3-2-11(8-9-17)15(16)10-14/h2-7,10,17H,8-9H2,1H3. The maximum Gasteiger partial charge on any atom is 0.127 e. The lowest BCUT2D eigenvalue weighted by Crippen LogP contribution is -1.94. The van der Waals surface area contributed by atoms with E-state index in [-0.39, 0.29) is 12.4 Å². The zero-order valence-electron chi connectivity index (χ0n) is 10.6. The van der Waals surface area contributed by atoms with Crippen molar-refractivity contribution in [2.45, 2.75) is 21.1 Å². The molecule has 2 rings (SSSR count). The highest BCUT2D eigenvalue weighted by Crippen LogP contribution is 2.30. The number of thioether (sulfide) groups is 1. The van der Waals surface area contributed by atoms with Crippen molar-refractivity contribution in [1.82, 2.24) is 0 Å². The predicted molar refractivity (Wildman–Crippen MR) is 79.5 cm³/mol. The van der Waals surface area contributed by atoms with Crippen molar-refractivity contribution in [1.29, 1.82) is 0 Å². The molecule has 4 heteroatoms. The van der Waals surface area contributed by atoms with Crippen molar-refractivity contribution in [3.05, 3.63) is 53.8 Å². The lowest BCUT2D eigenvalue weighted by atomic mass is 10.1. The van der Waals surface area contributed by atoms with Gasteiger partial charge in [-0.25, -0.2) is 4.39 Å². The number of aliphatic hydroxyl groups is 1. The molecule has 0 saturated heterocycles. The molecule has 1 nitrogen and oxygen atoms in total. The Balaban J connectivity index is 2.11. The second-order valence-electron chi connectivity index (χ2n) is 4.00. The van der Waals surface area contributed by atoms with Gasteiger partial charge in [0.1, 0.15) is 5.82 Å². The summed E-state index contributed by atoms with van der Waals surface area (Å²) >= 11 is 3.24. The second-order valence-corrected chi connectivity index (χ2v) is 6.03. The van der Waals surface area contributed by atoms with Crippen LogP contribution in [0.3, 0.4) is 0 Å². The van der Waals surface area contributed by atoms with Crippen LogP contribution in [0.4, 0.5) is 4.39 Å². The molecule has 0 aromatic heterocycles. The number of aliphatic hydroxyl groups excluding tert-OH is 1. The van der Waals surface area contributed by atoms with Crippen LogP contribution in [0.5, 0.6) is 0 Å². The minimum atomic E-state index is -0.250. The highest BCUT2D eigenvalue weighted by molar-refractivity contribution is 7.99. The van der Waals surface area contributed by atoms with Crippen LogP contribution < -0.4 is 0 Å². The summed E-state index contributed by atoms with van der Waals surface area (Å²) in [5.74, 6) is -0.250. The highest BCUT2D eigenvalue weighted by Gasteiger charge is 2.04. The number of halogens is 1. The third-order valence-electron chi connectivity index (χ3n) is 2.70. The van der Waals surface area contributed by atoms with Crippen molar-refractivity contribution >= 4 is 23.5 Å². The number of hydrogen-bond donors (Lipinski definition) is 1. The summed E-state index contributed by atoms with van der Waals surface area (Å²) in [6.45, 7) is -0.0282. The van der Waals surface area contributed by atoms with Crippen molar-refractivity contribution in [3.63, 3.8) is 0 Å². The van der Waals surface area contributed by atoms with E-state index in [0.717, 1.165) is 9.79 Å². The smallest absolute Gasteiger partial charge is 0.127 e. The molecule has 0 aliphatic rings. The highest BCUT2D eigenvalue weighted by atomic mass is 32.2. The molecule has 19 heavy (non-hydrogen) atoms. The van der Waals surface area contributed by atoms with Gasteiger partial charge in [0.25, 0.3) is 0 Å². The Labute approximate surface area is 121 Å². The molecule has 0 aliphatic heterocycles. The number of benzene rings is 2. The Bertz CT molecular complexity index is 540. The summed E-state index contributed by atoms with van der Waals surface area (Å²) < 4.78 is 13.7. The van der Waals surface area contributed by atoms with Gasteiger partial charge in [-0.15, -0.1) is 11.8 Å². The SMILES string of the molecule is CSc1ccc(Sc2ccc(CCO)c(F)c2)cc1. The van der Waals surface area contributed by atoms with Gasteiger partial charge in [-0.3, -0.25) is 0 Å². The van der Waals surface area contributed by atoms with E-state index in [1.807, 2.05) is 24.5 Å². The molecule has 0 saturated carbocycles. The summed E-state index contributed by atoms with van der Waals surface area (Å²) in [6, 6.07) is 13.3. The molecule has 0 radical (unpaired) electrons. The van der Waals surface area contributed by atoms with Crippen molar-refractivity contribution in [2.24, 2.45) is 0 Å². The van der Waals surface area contributed by atoms with Crippen molar-refractivity contribution < 1.29 is 9.50 Å². The quantitative estimate of drug-likeness (QED) is 0.833. The molecule has 2 aromatic rings. The van der Waals surface area contributed by atoms with E-state index >= 15 is 0 Å². The summed E-state index contributed by atoms with van der Waals surface area (Å²) in [5, 5.41) is 8.82. The molecule has 100 valence electrons. The van der Waals surface area contributed by atoms with E-state index in [1.165, 1.54) is 22.7 Å². The zero-order chi connectivity index (χ0) is 13.7. The fourth-order valence-corrected chi connectivity index (χ4v) is 2.95. The predicted octanol–water partition coefficient (Wildman–Crippen LogP) is 4.23. The van der Waals surface area contributed by atoms with Gasteiger partial charge in [0.2, 0.25) is 0 Å². The topological polar surface area (TPSA) is 20.2 Å². The maximum absolute atomic E-state index is 13.7. The first-order valence-corrected chi connectivity index (χ1v) is 7.98. The Morgan fingerprint density at radius 3 is 2.21 bits per heavy atom. The summed E-state index contributed by atoms with van der Waals surface area (Å²) in [6.07, 6.45) is 2.40. The van der Waals surface area contributed by atoms with Crippen LogP contribution in [0.15, 0.2) is 57.2 Å². The Kier molecular flexibility index (Phi) is 5.31. The molecule has 0 fully saturated rings. The van der Waals surface area contributed by atoms with Gasteiger partial charge in [-0.05, 0) is 54.6 Å². The normalized spacial score (nSPS) is 10.7. The lowest BCUT2D eigenvalue weighted by molar-refractivity contribution is 0.297. The van der Waals surface area contributed by atoms with Crippen LogP contribution in [0.1, 0.15) is 5.56 Å². The Morgan fingerprint density at radius 2 is 1.63 bits per heavy atom. The van der Waals surface area contributed by atoms with Gasteiger partial charge in [-0.1, -0.05) is 17.8 Å². The Morgan fingerprint density at radius 1 is 1.00 bits per heavy atom. The first kappa shape index (κ1) is 14.4. The minimum absolute atomic E-state index is 0.0282. The Hall–Kier alpha value is -0.970. The van der Waals surface area contributed by atoms with Gasteiger partial charge in [-0.2, -0.15) is 0 Å². The van der Waals surface area contributed by atoms with Crippen LogP contribution in [0.2, 0.25) is 0 Å².